The number of rotatable bonds is 4. The van der Waals surface area contributed by atoms with Gasteiger partial charge in [-0.05, 0) is 37.3 Å². The molecule has 1 saturated heterocycles. The topological polar surface area (TPSA) is 97.5 Å². The van der Waals surface area contributed by atoms with Crippen LogP contribution in [0.25, 0.3) is 10.9 Å². The number of aromatic nitrogens is 1. The average Bonchev–Trinajstić information content (AvgIpc) is 3.23. The number of amides is 4. The fourth-order valence-corrected chi connectivity index (χ4v) is 3.63. The summed E-state index contributed by atoms with van der Waals surface area (Å²) in [6.45, 7) is 3.06. The molecule has 2 aromatic carbocycles. The number of fused-ring (bicyclic) bond motifs is 1. The van der Waals surface area contributed by atoms with Gasteiger partial charge in [0.1, 0.15) is 17.6 Å². The molecule has 3 aromatic rings. The first-order chi connectivity index (χ1) is 15.4. The van der Waals surface area contributed by atoms with Crippen LogP contribution in [0, 0.1) is 5.82 Å². The van der Waals surface area contributed by atoms with Gasteiger partial charge in [0.15, 0.2) is 0 Å². The molecule has 0 unspecified atom stereocenters. The van der Waals surface area contributed by atoms with Crippen LogP contribution in [0.4, 0.5) is 14.9 Å². The van der Waals surface area contributed by atoms with E-state index in [2.05, 4.69) is 15.6 Å². The minimum absolute atomic E-state index is 0.107. The highest BCUT2D eigenvalue weighted by Gasteiger charge is 2.27. The maximum absolute atomic E-state index is 13.3. The van der Waals surface area contributed by atoms with Crippen molar-refractivity contribution in [2.75, 3.05) is 31.5 Å². The van der Waals surface area contributed by atoms with E-state index in [1.807, 2.05) is 30.3 Å². The predicted molar refractivity (Wildman–Crippen MR) is 119 cm³/mol. The molecule has 1 fully saturated rings. The third kappa shape index (κ3) is 4.72. The molecule has 4 rings (SSSR count). The minimum Gasteiger partial charge on any atom is -0.351 e. The smallest absolute Gasteiger partial charge is 0.318 e. The molecule has 32 heavy (non-hydrogen) atoms. The van der Waals surface area contributed by atoms with Crippen molar-refractivity contribution in [2.45, 2.75) is 13.0 Å². The van der Waals surface area contributed by atoms with Gasteiger partial charge in [0, 0.05) is 42.8 Å². The molecule has 1 aromatic heterocycles. The number of carbonyl (C=O) groups excluding carboxylic acids is 3. The molecule has 8 nitrogen and oxygen atoms in total. The maximum Gasteiger partial charge on any atom is 0.318 e. The lowest BCUT2D eigenvalue weighted by Crippen LogP contribution is -2.55. The lowest BCUT2D eigenvalue weighted by atomic mass is 10.2. The van der Waals surface area contributed by atoms with Crippen molar-refractivity contribution in [1.82, 2.24) is 20.1 Å². The number of hydrogen-bond donors (Lipinski definition) is 3. The second-order valence-electron chi connectivity index (χ2n) is 7.72. The van der Waals surface area contributed by atoms with E-state index in [0.717, 1.165) is 10.9 Å². The SMILES string of the molecule is C[C@H](NC(=O)N1CCN(C(=O)c2cc3ccccc3[nH]2)CC1)C(=O)Nc1cccc(F)c1. The highest BCUT2D eigenvalue weighted by molar-refractivity contribution is 5.98. The number of nitrogens with one attached hydrogen (secondary N) is 3. The number of halogens is 1. The molecular weight excluding hydrogens is 413 g/mol. The summed E-state index contributed by atoms with van der Waals surface area (Å²) < 4.78 is 13.3. The molecule has 0 radical (unpaired) electrons. The Morgan fingerprint density at radius 3 is 2.41 bits per heavy atom. The van der Waals surface area contributed by atoms with Crippen LogP contribution in [0.3, 0.4) is 0 Å². The Bertz CT molecular complexity index is 1120. The maximum atomic E-state index is 13.3. The lowest BCUT2D eigenvalue weighted by molar-refractivity contribution is -0.117. The van der Waals surface area contributed by atoms with Crippen molar-refractivity contribution in [1.29, 1.82) is 0 Å². The third-order valence-corrected chi connectivity index (χ3v) is 5.44. The van der Waals surface area contributed by atoms with Crippen LogP contribution >= 0.6 is 0 Å². The van der Waals surface area contributed by atoms with E-state index in [-0.39, 0.29) is 11.9 Å². The lowest BCUT2D eigenvalue weighted by Gasteiger charge is -2.35. The van der Waals surface area contributed by atoms with Gasteiger partial charge in [0.25, 0.3) is 5.91 Å². The van der Waals surface area contributed by atoms with E-state index in [9.17, 15) is 18.8 Å². The first kappa shape index (κ1) is 21.4. The van der Waals surface area contributed by atoms with Gasteiger partial charge in [-0.15, -0.1) is 0 Å². The number of carbonyl (C=O) groups is 3. The van der Waals surface area contributed by atoms with Gasteiger partial charge in [0.2, 0.25) is 5.91 Å². The minimum atomic E-state index is -0.809. The number of aromatic amines is 1. The molecule has 1 aliphatic rings. The van der Waals surface area contributed by atoms with Crippen molar-refractivity contribution < 1.29 is 18.8 Å². The Morgan fingerprint density at radius 1 is 0.969 bits per heavy atom. The summed E-state index contributed by atoms with van der Waals surface area (Å²) in [4.78, 5) is 44.1. The van der Waals surface area contributed by atoms with E-state index in [1.54, 1.807) is 22.8 Å². The van der Waals surface area contributed by atoms with E-state index in [0.29, 0.717) is 37.6 Å². The van der Waals surface area contributed by atoms with E-state index >= 15 is 0 Å². The summed E-state index contributed by atoms with van der Waals surface area (Å²) in [6, 6.07) is 13.9. The zero-order valence-electron chi connectivity index (χ0n) is 17.6. The number of H-pyrrole nitrogens is 1. The molecule has 166 valence electrons. The van der Waals surface area contributed by atoms with Crippen molar-refractivity contribution in [3.05, 3.63) is 66.1 Å². The summed E-state index contributed by atoms with van der Waals surface area (Å²) in [7, 11) is 0. The largest absolute Gasteiger partial charge is 0.351 e. The van der Waals surface area contributed by atoms with Gasteiger partial charge in [-0.3, -0.25) is 9.59 Å². The molecule has 0 saturated carbocycles. The van der Waals surface area contributed by atoms with Gasteiger partial charge in [-0.25, -0.2) is 9.18 Å². The summed E-state index contributed by atoms with van der Waals surface area (Å²) >= 11 is 0. The van der Waals surface area contributed by atoms with Crippen LogP contribution in [0.2, 0.25) is 0 Å². The van der Waals surface area contributed by atoms with Crippen LogP contribution in [0.1, 0.15) is 17.4 Å². The number of urea groups is 1. The fraction of sp³-hybridized carbons (Fsp3) is 0.261. The van der Waals surface area contributed by atoms with E-state index < -0.39 is 17.8 Å². The normalized spacial score (nSPS) is 14.8. The number of para-hydroxylation sites is 1. The Hall–Kier alpha value is -3.88. The van der Waals surface area contributed by atoms with Gasteiger partial charge in [0.05, 0.1) is 0 Å². The van der Waals surface area contributed by atoms with Crippen molar-refractivity contribution in [2.24, 2.45) is 0 Å². The Labute approximate surface area is 184 Å². The van der Waals surface area contributed by atoms with Crippen molar-refractivity contribution in [3.63, 3.8) is 0 Å². The first-order valence-electron chi connectivity index (χ1n) is 10.4. The second-order valence-corrected chi connectivity index (χ2v) is 7.72. The second kappa shape index (κ2) is 9.09. The molecule has 2 heterocycles. The first-order valence-corrected chi connectivity index (χ1v) is 10.4. The van der Waals surface area contributed by atoms with Crippen LogP contribution in [0.5, 0.6) is 0 Å². The fourth-order valence-electron chi connectivity index (χ4n) is 3.63. The monoisotopic (exact) mass is 437 g/mol. The molecule has 9 heteroatoms. The molecule has 4 amide bonds. The molecule has 3 N–H and O–H groups in total. The molecule has 1 atom stereocenters. The zero-order valence-corrected chi connectivity index (χ0v) is 17.6. The van der Waals surface area contributed by atoms with E-state index in [1.165, 1.54) is 18.2 Å². The van der Waals surface area contributed by atoms with Gasteiger partial charge < -0.3 is 25.4 Å². The highest BCUT2D eigenvalue weighted by Crippen LogP contribution is 2.17. The molecule has 0 bridgehead atoms. The van der Waals surface area contributed by atoms with Crippen molar-refractivity contribution >= 4 is 34.4 Å². The van der Waals surface area contributed by atoms with Crippen LogP contribution < -0.4 is 10.6 Å². The molecule has 1 aliphatic heterocycles. The van der Waals surface area contributed by atoms with Gasteiger partial charge in [-0.1, -0.05) is 24.3 Å². The number of anilines is 1. The molecular formula is C23H24FN5O3. The summed E-state index contributed by atoms with van der Waals surface area (Å²) in [5, 5.41) is 6.19. The number of piperazine rings is 1. The van der Waals surface area contributed by atoms with Crippen LogP contribution in [-0.4, -0.2) is 64.9 Å². The summed E-state index contributed by atoms with van der Waals surface area (Å²) in [6.07, 6.45) is 0. The predicted octanol–water partition coefficient (Wildman–Crippen LogP) is 2.80. The quantitative estimate of drug-likeness (QED) is 0.586. The average molecular weight is 437 g/mol. The Kier molecular flexibility index (Phi) is 6.07. The number of benzene rings is 2. The molecule has 0 spiro atoms. The van der Waals surface area contributed by atoms with Gasteiger partial charge >= 0.3 is 6.03 Å². The molecule has 0 aliphatic carbocycles. The summed E-state index contributed by atoms with van der Waals surface area (Å²) in [5.41, 5.74) is 1.74. The Morgan fingerprint density at radius 2 is 1.69 bits per heavy atom. The zero-order chi connectivity index (χ0) is 22.7. The highest BCUT2D eigenvalue weighted by atomic mass is 19.1. The summed E-state index contributed by atoms with van der Waals surface area (Å²) in [5.74, 6) is -1.01. The van der Waals surface area contributed by atoms with Crippen LogP contribution in [0.15, 0.2) is 54.6 Å². The van der Waals surface area contributed by atoms with Gasteiger partial charge in [-0.2, -0.15) is 0 Å². The Balaban J connectivity index is 1.28. The third-order valence-electron chi connectivity index (χ3n) is 5.44. The van der Waals surface area contributed by atoms with Crippen molar-refractivity contribution in [3.8, 4) is 0 Å². The number of nitrogens with zero attached hydrogens (tertiary/aromatic N) is 2. The van der Waals surface area contributed by atoms with E-state index in [4.69, 9.17) is 0 Å². The van der Waals surface area contributed by atoms with Crippen LogP contribution in [-0.2, 0) is 4.79 Å². The number of hydrogen-bond acceptors (Lipinski definition) is 3. The standard InChI is InChI=1S/C23H24FN5O3/c1-15(21(30)26-18-7-4-6-17(24)14-18)25-23(32)29-11-9-28(10-12-29)22(31)20-13-16-5-2-3-8-19(16)27-20/h2-8,13-15,27H,9-12H2,1H3,(H,25,32)(H,26,30)/t15-/m0/s1.